The fourth-order valence-corrected chi connectivity index (χ4v) is 5.73. The lowest BCUT2D eigenvalue weighted by molar-refractivity contribution is -0.918. The van der Waals surface area contributed by atoms with E-state index in [0.29, 0.717) is 13.2 Å². The first-order valence-corrected chi connectivity index (χ1v) is 12.1. The molecule has 0 amide bonds. The maximum Gasteiger partial charge on any atom is 0.222 e. The van der Waals surface area contributed by atoms with Crippen molar-refractivity contribution in [3.63, 3.8) is 0 Å². The van der Waals surface area contributed by atoms with Crippen LogP contribution in [0.25, 0.3) is 0 Å². The van der Waals surface area contributed by atoms with Gasteiger partial charge in [0.25, 0.3) is 0 Å². The predicted molar refractivity (Wildman–Crippen MR) is 130 cm³/mol. The fraction of sp³-hybridized carbons (Fsp3) is 0.379. The lowest BCUT2D eigenvalue weighted by Gasteiger charge is -2.50. The number of likely N-dealkylation sites (N-methyl/N-ethyl adjacent to an activating group) is 1. The molecule has 0 saturated carbocycles. The van der Waals surface area contributed by atoms with Gasteiger partial charge in [0.05, 0.1) is 45.3 Å². The van der Waals surface area contributed by atoms with Crippen molar-refractivity contribution >= 4 is 0 Å². The third kappa shape index (κ3) is 4.80. The van der Waals surface area contributed by atoms with Crippen LogP contribution in [0.1, 0.15) is 36.0 Å². The van der Waals surface area contributed by atoms with Crippen LogP contribution < -0.4 is 17.0 Å². The molecule has 2 aliphatic rings. The van der Waals surface area contributed by atoms with Gasteiger partial charge in [0.2, 0.25) is 5.79 Å². The summed E-state index contributed by atoms with van der Waals surface area (Å²) in [5, 5.41) is 10.3. The Morgan fingerprint density at radius 1 is 0.735 bits per heavy atom. The minimum absolute atomic E-state index is 0. The van der Waals surface area contributed by atoms with Gasteiger partial charge >= 0.3 is 0 Å². The molecule has 0 atom stereocenters. The number of hydrogen-bond donors (Lipinski definition) is 1. The van der Waals surface area contributed by atoms with Crippen molar-refractivity contribution in [3.05, 3.63) is 102 Å². The Labute approximate surface area is 213 Å². The molecular formula is C29H34BrNO3. The maximum absolute atomic E-state index is 10.3. The second kappa shape index (κ2) is 10.2. The number of ether oxygens (including phenoxy) is 2. The van der Waals surface area contributed by atoms with E-state index in [1.165, 1.54) is 32.4 Å². The first kappa shape index (κ1) is 24.9. The summed E-state index contributed by atoms with van der Waals surface area (Å²) in [7, 11) is 2.36. The lowest BCUT2D eigenvalue weighted by Crippen LogP contribution is -3.00. The molecule has 2 saturated heterocycles. The van der Waals surface area contributed by atoms with E-state index in [2.05, 4.69) is 37.4 Å². The molecule has 1 N–H and O–H groups in total. The second-order valence-corrected chi connectivity index (χ2v) is 10.0. The van der Waals surface area contributed by atoms with E-state index in [9.17, 15) is 5.11 Å². The van der Waals surface area contributed by atoms with Crippen molar-refractivity contribution in [1.29, 1.82) is 0 Å². The Kier molecular flexibility index (Phi) is 7.48. The molecule has 0 spiro atoms. The Bertz CT molecular complexity index is 1020. The molecule has 180 valence electrons. The number of quaternary nitrogens is 1. The van der Waals surface area contributed by atoms with Crippen LogP contribution in [0.3, 0.4) is 0 Å². The first-order chi connectivity index (χ1) is 16.0. The average Bonchev–Trinajstić information content (AvgIpc) is 2.86. The van der Waals surface area contributed by atoms with Gasteiger partial charge in [0.1, 0.15) is 5.75 Å². The number of rotatable bonds is 5. The van der Waals surface area contributed by atoms with Crippen molar-refractivity contribution in [2.45, 2.75) is 30.5 Å². The van der Waals surface area contributed by atoms with Crippen molar-refractivity contribution in [2.75, 3.05) is 39.9 Å². The van der Waals surface area contributed by atoms with E-state index in [4.69, 9.17) is 9.47 Å². The minimum atomic E-state index is -0.941. The number of aromatic hydroxyl groups is 1. The third-order valence-corrected chi connectivity index (χ3v) is 7.45. The van der Waals surface area contributed by atoms with Crippen LogP contribution in [-0.4, -0.2) is 49.5 Å². The molecule has 3 aromatic carbocycles. The van der Waals surface area contributed by atoms with E-state index < -0.39 is 5.79 Å². The molecule has 0 bridgehead atoms. The number of phenolic OH excluding ortho intramolecular Hbond substituents is 1. The zero-order chi connectivity index (χ0) is 22.8. The summed E-state index contributed by atoms with van der Waals surface area (Å²) >= 11 is 0. The van der Waals surface area contributed by atoms with Crippen molar-refractivity contribution in [3.8, 4) is 5.75 Å². The summed E-state index contributed by atoms with van der Waals surface area (Å²) in [6.07, 6.45) is 3.82. The smallest absolute Gasteiger partial charge is 0.222 e. The number of hydrogen-bond acceptors (Lipinski definition) is 3. The molecule has 0 aliphatic carbocycles. The molecule has 2 fully saturated rings. The van der Waals surface area contributed by atoms with E-state index in [1.54, 1.807) is 6.07 Å². The topological polar surface area (TPSA) is 38.7 Å². The Hall–Kier alpha value is -2.18. The van der Waals surface area contributed by atoms with E-state index in [1.807, 2.05) is 48.5 Å². The number of benzene rings is 3. The van der Waals surface area contributed by atoms with E-state index in [-0.39, 0.29) is 28.1 Å². The molecule has 34 heavy (non-hydrogen) atoms. The summed E-state index contributed by atoms with van der Waals surface area (Å²) in [5.74, 6) is -0.653. The molecule has 0 radical (unpaired) electrons. The molecule has 3 aromatic rings. The summed E-state index contributed by atoms with van der Waals surface area (Å²) in [4.78, 5) is 0. The van der Waals surface area contributed by atoms with Gasteiger partial charge in [0, 0.05) is 11.1 Å². The molecular weight excluding hydrogens is 490 g/mol. The Morgan fingerprint density at radius 2 is 1.26 bits per heavy atom. The standard InChI is InChI=1S/C29H33NO3.BrH/c1-30(18-9-4-10-19-30)21-28(26-16-11-17-27(31)20-26)22-32-29(33-23-28,24-12-5-2-6-13-24)25-14-7-3-8-15-25;/h2-3,5-8,11-17,20H,4,9-10,18-19,21-23H2,1H3;1H. The van der Waals surface area contributed by atoms with Crippen LogP contribution in [0, 0.1) is 0 Å². The van der Waals surface area contributed by atoms with Crippen LogP contribution >= 0.6 is 0 Å². The van der Waals surface area contributed by atoms with Crippen LogP contribution in [0.15, 0.2) is 84.9 Å². The summed E-state index contributed by atoms with van der Waals surface area (Å²) in [5.41, 5.74) is 2.75. The van der Waals surface area contributed by atoms with Gasteiger partial charge in [-0.05, 0) is 37.0 Å². The fourth-order valence-electron chi connectivity index (χ4n) is 5.73. The van der Waals surface area contributed by atoms with Gasteiger partial charge < -0.3 is 36.0 Å². The van der Waals surface area contributed by atoms with Gasteiger partial charge in [-0.15, -0.1) is 0 Å². The highest BCUT2D eigenvalue weighted by molar-refractivity contribution is 5.37. The van der Waals surface area contributed by atoms with Gasteiger partial charge in [-0.2, -0.15) is 0 Å². The minimum Gasteiger partial charge on any atom is -1.00 e. The van der Waals surface area contributed by atoms with Gasteiger partial charge in [-0.3, -0.25) is 0 Å². The largest absolute Gasteiger partial charge is 1.00 e. The molecule has 0 unspecified atom stereocenters. The summed E-state index contributed by atoms with van der Waals surface area (Å²) < 4.78 is 14.6. The van der Waals surface area contributed by atoms with Crippen LogP contribution in [0.2, 0.25) is 0 Å². The number of halogens is 1. The highest BCUT2D eigenvalue weighted by atomic mass is 79.9. The summed E-state index contributed by atoms with van der Waals surface area (Å²) in [6, 6.07) is 28.1. The van der Waals surface area contributed by atoms with Crippen LogP contribution in [-0.2, 0) is 20.7 Å². The molecule has 0 aromatic heterocycles. The molecule has 5 heteroatoms. The summed E-state index contributed by atoms with van der Waals surface area (Å²) in [6.45, 7) is 4.31. The zero-order valence-corrected chi connectivity index (χ0v) is 21.4. The molecule has 2 aliphatic heterocycles. The molecule has 2 heterocycles. The number of piperidine rings is 1. The van der Waals surface area contributed by atoms with Gasteiger partial charge in [-0.25, -0.2) is 0 Å². The van der Waals surface area contributed by atoms with Gasteiger partial charge in [-0.1, -0.05) is 72.8 Å². The number of nitrogens with zero attached hydrogens (tertiary/aromatic N) is 1. The SMILES string of the molecule is C[N+]1(CC2(c3cccc(O)c3)COC(c3ccccc3)(c3ccccc3)OC2)CCCCC1.[Br-]. The first-order valence-electron chi connectivity index (χ1n) is 12.1. The maximum atomic E-state index is 10.3. The van der Waals surface area contributed by atoms with Gasteiger partial charge in [0.15, 0.2) is 0 Å². The van der Waals surface area contributed by atoms with Crippen LogP contribution in [0.4, 0.5) is 0 Å². The lowest BCUT2D eigenvalue weighted by atomic mass is 9.78. The average molecular weight is 524 g/mol. The van der Waals surface area contributed by atoms with Crippen molar-refractivity contribution in [2.24, 2.45) is 0 Å². The van der Waals surface area contributed by atoms with Crippen molar-refractivity contribution < 1.29 is 36.0 Å². The predicted octanol–water partition coefficient (Wildman–Crippen LogP) is 2.21. The van der Waals surface area contributed by atoms with Crippen molar-refractivity contribution in [1.82, 2.24) is 0 Å². The van der Waals surface area contributed by atoms with E-state index >= 15 is 0 Å². The number of phenols is 1. The van der Waals surface area contributed by atoms with Crippen LogP contribution in [0.5, 0.6) is 5.75 Å². The zero-order valence-electron chi connectivity index (χ0n) is 19.8. The Balaban J connectivity index is 0.00000274. The van der Waals surface area contributed by atoms with E-state index in [0.717, 1.165) is 27.7 Å². The normalized spacial score (nSPS) is 20.7. The second-order valence-electron chi connectivity index (χ2n) is 10.0. The molecule has 4 nitrogen and oxygen atoms in total. The highest BCUT2D eigenvalue weighted by Gasteiger charge is 2.51. The molecule has 5 rings (SSSR count). The highest BCUT2D eigenvalue weighted by Crippen LogP contribution is 2.44. The third-order valence-electron chi connectivity index (χ3n) is 7.45. The quantitative estimate of drug-likeness (QED) is 0.521. The number of likely N-dealkylation sites (tertiary alicyclic amines) is 1. The monoisotopic (exact) mass is 523 g/mol. The Morgan fingerprint density at radius 3 is 1.79 bits per heavy atom.